The Hall–Kier alpha value is -1.21. The number of hydrazone groups is 1. The van der Waals surface area contributed by atoms with Gasteiger partial charge in [0.05, 0.1) is 6.21 Å². The van der Waals surface area contributed by atoms with Gasteiger partial charge in [0.25, 0.3) is 0 Å². The van der Waals surface area contributed by atoms with E-state index in [1.165, 1.54) is 5.56 Å². The molecule has 1 aromatic rings. The topological polar surface area (TPSA) is 74.5 Å². The van der Waals surface area contributed by atoms with E-state index in [4.69, 9.17) is 5.73 Å². The Bertz CT molecular complexity index is 365. The molecule has 94 valence electrons. The minimum absolute atomic E-state index is 0. The Morgan fingerprint density at radius 2 is 2.06 bits per heavy atom. The van der Waals surface area contributed by atoms with Gasteiger partial charge in [0, 0.05) is 6.54 Å². The van der Waals surface area contributed by atoms with Gasteiger partial charge in [-0.05, 0) is 30.4 Å². The number of thiocarbonyl (C=S) groups is 1. The van der Waals surface area contributed by atoms with Crippen molar-refractivity contribution in [2.45, 2.75) is 6.54 Å². The predicted molar refractivity (Wildman–Crippen MR) is 77.1 cm³/mol. The molecule has 0 aliphatic heterocycles. The molecule has 7 heteroatoms. The number of hydrogen-bond donors (Lipinski definition) is 4. The molecule has 1 aromatic carbocycles. The summed E-state index contributed by atoms with van der Waals surface area (Å²) < 4.78 is 0. The van der Waals surface area contributed by atoms with Crippen molar-refractivity contribution in [3.05, 3.63) is 35.4 Å². The molecule has 17 heavy (non-hydrogen) atoms. The first-order valence-electron chi connectivity index (χ1n) is 4.79. The van der Waals surface area contributed by atoms with Crippen molar-refractivity contribution >= 4 is 36.0 Å². The molecule has 0 bridgehead atoms. The number of nitrogens with two attached hydrogens (primary N) is 1. The zero-order valence-corrected chi connectivity index (χ0v) is 11.1. The summed E-state index contributed by atoms with van der Waals surface area (Å²) in [5.41, 5.74) is 15.8. The normalized spacial score (nSPS) is 9.94. The molecule has 5 nitrogen and oxygen atoms in total. The van der Waals surface area contributed by atoms with Gasteiger partial charge in [0.15, 0.2) is 5.11 Å². The zero-order valence-electron chi connectivity index (χ0n) is 9.43. The molecular formula is C10H16ClN5S. The summed E-state index contributed by atoms with van der Waals surface area (Å²) in [6, 6.07) is 7.98. The summed E-state index contributed by atoms with van der Waals surface area (Å²) >= 11 is 4.62. The first-order chi connectivity index (χ1) is 7.72. The fourth-order valence-electron chi connectivity index (χ4n) is 1.08. The molecule has 1 rings (SSSR count). The average Bonchev–Trinajstić information content (AvgIpc) is 2.27. The fourth-order valence-corrected chi connectivity index (χ4v) is 1.14. The third kappa shape index (κ3) is 6.85. The van der Waals surface area contributed by atoms with Crippen molar-refractivity contribution in [1.29, 1.82) is 0 Å². The van der Waals surface area contributed by atoms with E-state index in [2.05, 4.69) is 33.6 Å². The zero-order chi connectivity index (χ0) is 11.8. The molecule has 0 spiro atoms. The number of hydrazine groups is 1. The van der Waals surface area contributed by atoms with Gasteiger partial charge >= 0.3 is 0 Å². The van der Waals surface area contributed by atoms with Crippen LogP contribution < -0.4 is 22.0 Å². The molecule has 0 saturated carbocycles. The van der Waals surface area contributed by atoms with Crippen LogP contribution in [0.2, 0.25) is 0 Å². The van der Waals surface area contributed by atoms with Crippen LogP contribution in [-0.2, 0) is 6.54 Å². The maximum absolute atomic E-state index is 5.23. The molecule has 0 aliphatic carbocycles. The lowest BCUT2D eigenvalue weighted by atomic mass is 10.1. The largest absolute Gasteiger partial charge is 0.375 e. The van der Waals surface area contributed by atoms with E-state index >= 15 is 0 Å². The minimum atomic E-state index is 0. The monoisotopic (exact) mass is 273 g/mol. The fraction of sp³-hybridized carbons (Fsp3) is 0.200. The lowest BCUT2D eigenvalue weighted by Crippen LogP contribution is -2.26. The first kappa shape index (κ1) is 15.8. The van der Waals surface area contributed by atoms with Crippen LogP contribution in [-0.4, -0.2) is 18.4 Å². The van der Waals surface area contributed by atoms with Crippen LogP contribution >= 0.6 is 24.6 Å². The highest BCUT2D eigenvalue weighted by atomic mass is 35.5. The molecule has 5 N–H and O–H groups in total. The van der Waals surface area contributed by atoms with Gasteiger partial charge in [-0.25, -0.2) is 0 Å². The van der Waals surface area contributed by atoms with E-state index in [0.29, 0.717) is 0 Å². The second-order valence-electron chi connectivity index (χ2n) is 3.08. The summed E-state index contributed by atoms with van der Waals surface area (Å²) in [4.78, 5) is 0. The van der Waals surface area contributed by atoms with Crippen LogP contribution in [0, 0.1) is 0 Å². The molecule has 0 fully saturated rings. The second-order valence-corrected chi connectivity index (χ2v) is 3.52. The Balaban J connectivity index is 0.00000256. The van der Waals surface area contributed by atoms with Crippen LogP contribution in [0.25, 0.3) is 0 Å². The Morgan fingerprint density at radius 3 is 2.59 bits per heavy atom. The highest BCUT2D eigenvalue weighted by Gasteiger charge is 1.91. The van der Waals surface area contributed by atoms with Gasteiger partial charge in [0.2, 0.25) is 0 Å². The maximum Gasteiger partial charge on any atom is 0.184 e. The Labute approximate surface area is 112 Å². The first-order valence-corrected chi connectivity index (χ1v) is 5.20. The van der Waals surface area contributed by atoms with Gasteiger partial charge in [-0.15, -0.1) is 12.4 Å². The highest BCUT2D eigenvalue weighted by Crippen LogP contribution is 2.01. The van der Waals surface area contributed by atoms with Crippen molar-refractivity contribution in [2.75, 3.05) is 7.05 Å². The number of halogens is 1. The third-order valence-corrected chi connectivity index (χ3v) is 1.93. The van der Waals surface area contributed by atoms with Gasteiger partial charge < -0.3 is 5.73 Å². The van der Waals surface area contributed by atoms with Gasteiger partial charge in [-0.2, -0.15) is 5.10 Å². The lowest BCUT2D eigenvalue weighted by molar-refractivity contribution is 0.596. The smallest absolute Gasteiger partial charge is 0.184 e. The molecule has 0 amide bonds. The summed E-state index contributed by atoms with van der Waals surface area (Å²) in [6.07, 6.45) is 1.66. The van der Waals surface area contributed by atoms with Crippen LogP contribution in [0.3, 0.4) is 0 Å². The van der Waals surface area contributed by atoms with E-state index in [0.717, 1.165) is 12.1 Å². The number of nitrogens with one attached hydrogen (secondary N) is 3. The predicted octanol–water partition coefficient (Wildman–Crippen LogP) is 0.499. The Morgan fingerprint density at radius 1 is 1.41 bits per heavy atom. The number of hydrogen-bond acceptors (Lipinski definition) is 4. The molecule has 0 aromatic heterocycles. The van der Waals surface area contributed by atoms with E-state index in [-0.39, 0.29) is 17.5 Å². The molecule has 0 saturated heterocycles. The second kappa shape index (κ2) is 8.89. The highest BCUT2D eigenvalue weighted by molar-refractivity contribution is 7.80. The standard InChI is InChI=1S/C10H15N5S.ClH/c1-12-13-6-8-2-4-9(5-3-8)7-14-15-10(11)16;/h2-5,7,12-13H,6H2,1H3,(H3,11,15,16);1H/b14-7+;. The maximum atomic E-state index is 5.23. The van der Waals surface area contributed by atoms with Gasteiger partial charge in [-0.3, -0.25) is 16.3 Å². The van der Waals surface area contributed by atoms with Crippen LogP contribution in [0.5, 0.6) is 0 Å². The molecule has 0 heterocycles. The molecule has 0 atom stereocenters. The number of benzene rings is 1. The molecule has 0 radical (unpaired) electrons. The summed E-state index contributed by atoms with van der Waals surface area (Å²) in [5, 5.41) is 4.02. The van der Waals surface area contributed by atoms with Crippen LogP contribution in [0.4, 0.5) is 0 Å². The lowest BCUT2D eigenvalue weighted by Gasteiger charge is -2.02. The molecule has 0 unspecified atom stereocenters. The quantitative estimate of drug-likeness (QED) is 0.357. The van der Waals surface area contributed by atoms with E-state index < -0.39 is 0 Å². The van der Waals surface area contributed by atoms with Crippen LogP contribution in [0.1, 0.15) is 11.1 Å². The van der Waals surface area contributed by atoms with E-state index in [1.807, 2.05) is 31.3 Å². The van der Waals surface area contributed by atoms with Crippen molar-refractivity contribution in [3.8, 4) is 0 Å². The van der Waals surface area contributed by atoms with Crippen molar-refractivity contribution in [1.82, 2.24) is 16.3 Å². The SMILES string of the molecule is CNNCc1ccc(/C=N/NC(N)=S)cc1.Cl. The average molecular weight is 274 g/mol. The molecule has 0 aliphatic rings. The van der Waals surface area contributed by atoms with Gasteiger partial charge in [0.1, 0.15) is 0 Å². The minimum Gasteiger partial charge on any atom is -0.375 e. The van der Waals surface area contributed by atoms with E-state index in [9.17, 15) is 0 Å². The van der Waals surface area contributed by atoms with Gasteiger partial charge in [-0.1, -0.05) is 24.3 Å². The van der Waals surface area contributed by atoms with E-state index in [1.54, 1.807) is 6.21 Å². The van der Waals surface area contributed by atoms with Crippen LogP contribution in [0.15, 0.2) is 29.4 Å². The summed E-state index contributed by atoms with van der Waals surface area (Å²) in [7, 11) is 1.84. The number of nitrogens with zero attached hydrogens (tertiary/aromatic N) is 1. The van der Waals surface area contributed by atoms with Crippen molar-refractivity contribution in [3.63, 3.8) is 0 Å². The van der Waals surface area contributed by atoms with Crippen molar-refractivity contribution < 1.29 is 0 Å². The Kier molecular flexibility index (Phi) is 8.25. The summed E-state index contributed by atoms with van der Waals surface area (Å²) in [6.45, 7) is 0.777. The van der Waals surface area contributed by atoms with Crippen molar-refractivity contribution in [2.24, 2.45) is 10.8 Å². The number of rotatable bonds is 5. The molecular weight excluding hydrogens is 258 g/mol. The third-order valence-electron chi connectivity index (χ3n) is 1.84. The summed E-state index contributed by atoms with van der Waals surface area (Å²) in [5.74, 6) is 0.